The Labute approximate surface area is 389 Å². The highest BCUT2D eigenvalue weighted by atomic mass is 35.5. The Bertz CT molecular complexity index is 2680. The Morgan fingerprint density at radius 1 is 0.969 bits per heavy atom. The molecule has 5 heterocycles. The number of carbonyl (C=O) groups excluding carboxylic acids is 3. The average Bonchev–Trinajstić information content (AvgIpc) is 3.63. The zero-order valence-electron chi connectivity index (χ0n) is 40.0. The number of imide groups is 1. The molecule has 19 heteroatoms. The summed E-state index contributed by atoms with van der Waals surface area (Å²) in [4.78, 5) is 55.5. The van der Waals surface area contributed by atoms with E-state index in [1.165, 1.54) is 37.0 Å². The normalized spacial score (nSPS) is 19.6. The van der Waals surface area contributed by atoms with Crippen molar-refractivity contribution in [2.24, 2.45) is 0 Å². The third-order valence-corrected chi connectivity index (χ3v) is 14.5. The fraction of sp³-hybridized carbons (Fsp3) is 0.457. The molecule has 4 aromatic rings. The van der Waals surface area contributed by atoms with Gasteiger partial charge in [0.15, 0.2) is 5.82 Å². The van der Waals surface area contributed by atoms with Crippen molar-refractivity contribution >= 4 is 73.9 Å². The molecule has 4 aliphatic rings. The molecule has 0 bridgehead atoms. The van der Waals surface area contributed by atoms with Gasteiger partial charge in [0.1, 0.15) is 22.6 Å². The molecular weight excluding hydrogens is 872 g/mol. The van der Waals surface area contributed by atoms with Gasteiger partial charge in [-0.05, 0) is 73.1 Å². The van der Waals surface area contributed by atoms with Crippen LogP contribution < -0.4 is 34.6 Å². The maximum Gasteiger partial charge on any atom is 0.255 e. The van der Waals surface area contributed by atoms with Crippen LogP contribution in [0.3, 0.4) is 0 Å². The number of rotatable bonds is 15. The molecule has 1 aromatic heterocycles. The summed E-state index contributed by atoms with van der Waals surface area (Å²) in [6, 6.07) is 14.2. The predicted octanol–water partition coefficient (Wildman–Crippen LogP) is 5.18. The number of anilines is 6. The minimum absolute atomic E-state index is 0.0508. The standard InChI is InChI=1S/C46H57ClN10O7S/c1-6-30-24-37(50-46-48-27-35(47)43(52-46)49-36-10-8-33(63-3)25-40(36)53(2)65(5,61)62)41(64-4)26-39(30)56-17-14-32(15-18-56)55-21-19-54(20-22-55)16-13-29-7-9-34-31(23-29)28-57(45(34)60)38-11-12-42(58)51-44(38)59/h7-10,23-27,32,38H,6,11-22,28H2,1-5H3,(H,51,58,59)(H2,48,49,50,52)/i3D3. The maximum absolute atomic E-state index is 13.1. The highest BCUT2D eigenvalue weighted by molar-refractivity contribution is 7.92. The van der Waals surface area contributed by atoms with Gasteiger partial charge < -0.3 is 34.8 Å². The zero-order chi connectivity index (χ0) is 48.5. The number of carbonyl (C=O) groups is 3. The van der Waals surface area contributed by atoms with Gasteiger partial charge >= 0.3 is 0 Å². The second kappa shape index (κ2) is 19.4. The number of halogens is 1. The minimum Gasteiger partial charge on any atom is -0.497 e. The summed E-state index contributed by atoms with van der Waals surface area (Å²) in [5.74, 6) is 0.0926. The van der Waals surface area contributed by atoms with E-state index in [-0.39, 0.29) is 52.1 Å². The van der Waals surface area contributed by atoms with Crippen LogP contribution in [0.15, 0.2) is 54.7 Å². The van der Waals surface area contributed by atoms with Crippen LogP contribution in [-0.2, 0) is 39.0 Å². The minimum atomic E-state index is -3.76. The quantitative estimate of drug-likeness (QED) is 0.133. The molecule has 0 spiro atoms. The van der Waals surface area contributed by atoms with Crippen molar-refractivity contribution in [3.63, 3.8) is 0 Å². The van der Waals surface area contributed by atoms with Crippen LogP contribution in [0.1, 0.15) is 63.8 Å². The van der Waals surface area contributed by atoms with E-state index in [0.29, 0.717) is 36.0 Å². The highest BCUT2D eigenvalue weighted by Crippen LogP contribution is 2.39. The lowest BCUT2D eigenvalue weighted by molar-refractivity contribution is -0.136. The van der Waals surface area contributed by atoms with E-state index >= 15 is 0 Å². The smallest absolute Gasteiger partial charge is 0.255 e. The highest BCUT2D eigenvalue weighted by Gasteiger charge is 2.39. The molecule has 1 unspecified atom stereocenters. The number of piperazine rings is 1. The van der Waals surface area contributed by atoms with Crippen LogP contribution in [0.25, 0.3) is 0 Å². The first-order valence-electron chi connectivity index (χ1n) is 23.4. The molecule has 3 saturated heterocycles. The van der Waals surface area contributed by atoms with Gasteiger partial charge in [0.2, 0.25) is 27.8 Å². The van der Waals surface area contributed by atoms with Gasteiger partial charge in [-0.25, -0.2) is 13.4 Å². The third-order valence-electron chi connectivity index (χ3n) is 13.0. The van der Waals surface area contributed by atoms with Gasteiger partial charge in [0, 0.05) is 95.3 Å². The maximum atomic E-state index is 13.1. The van der Waals surface area contributed by atoms with Crippen molar-refractivity contribution in [1.82, 2.24) is 30.0 Å². The number of hydrogen-bond donors (Lipinski definition) is 3. The van der Waals surface area contributed by atoms with Crippen molar-refractivity contribution in [3.8, 4) is 11.5 Å². The number of ether oxygens (including phenoxy) is 2. The second-order valence-electron chi connectivity index (χ2n) is 16.9. The summed E-state index contributed by atoms with van der Waals surface area (Å²) >= 11 is 6.54. The molecule has 1 atom stereocenters. The van der Waals surface area contributed by atoms with E-state index in [1.807, 2.05) is 18.2 Å². The number of methoxy groups -OCH3 is 2. The first-order chi connectivity index (χ1) is 32.4. The molecule has 3 amide bonds. The topological polar surface area (TPSA) is 182 Å². The molecule has 0 saturated carbocycles. The number of aromatic nitrogens is 2. The summed E-state index contributed by atoms with van der Waals surface area (Å²) in [7, 11) is -3.55. The molecule has 0 aliphatic carbocycles. The summed E-state index contributed by atoms with van der Waals surface area (Å²) in [6.07, 6.45) is 6.76. The van der Waals surface area contributed by atoms with Crippen LogP contribution in [-0.4, -0.2) is 136 Å². The van der Waals surface area contributed by atoms with Crippen molar-refractivity contribution in [3.05, 3.63) is 82.0 Å². The molecule has 3 aromatic carbocycles. The number of fused-ring (bicyclic) bond motifs is 1. The molecule has 65 heavy (non-hydrogen) atoms. The number of piperidine rings is 2. The van der Waals surface area contributed by atoms with Gasteiger partial charge in [-0.1, -0.05) is 30.7 Å². The third kappa shape index (κ3) is 10.1. The molecule has 346 valence electrons. The van der Waals surface area contributed by atoms with E-state index in [0.717, 1.165) is 98.9 Å². The fourth-order valence-electron chi connectivity index (χ4n) is 9.24. The molecule has 3 N–H and O–H groups in total. The van der Waals surface area contributed by atoms with E-state index in [2.05, 4.69) is 59.7 Å². The number of nitrogens with one attached hydrogen (secondary N) is 3. The molecule has 4 aliphatic heterocycles. The second-order valence-corrected chi connectivity index (χ2v) is 19.3. The molecule has 8 rings (SSSR count). The Kier molecular flexibility index (Phi) is 12.5. The van der Waals surface area contributed by atoms with Crippen LogP contribution in [0.4, 0.5) is 34.5 Å². The largest absolute Gasteiger partial charge is 0.497 e. The summed E-state index contributed by atoms with van der Waals surface area (Å²) in [5.41, 5.74) is 6.03. The van der Waals surface area contributed by atoms with E-state index < -0.39 is 29.0 Å². The number of benzene rings is 3. The number of aryl methyl sites for hydroxylation is 1. The number of sulfonamides is 1. The number of hydrogen-bond acceptors (Lipinski definition) is 14. The van der Waals surface area contributed by atoms with E-state index in [1.54, 1.807) is 12.0 Å². The molecule has 17 nitrogen and oxygen atoms in total. The summed E-state index contributed by atoms with van der Waals surface area (Å²) < 4.78 is 59.5. The Hall–Kier alpha value is -5.69. The van der Waals surface area contributed by atoms with Gasteiger partial charge in [-0.15, -0.1) is 0 Å². The number of nitrogens with zero attached hydrogens (tertiary/aromatic N) is 7. The number of amides is 3. The first kappa shape index (κ1) is 42.0. The Morgan fingerprint density at radius 3 is 2.46 bits per heavy atom. The first-order valence-corrected chi connectivity index (χ1v) is 24.1. The summed E-state index contributed by atoms with van der Waals surface area (Å²) in [6.45, 7) is 9.25. The van der Waals surface area contributed by atoms with Gasteiger partial charge in [0.05, 0.1) is 47.8 Å². The Balaban J connectivity index is 0.854. The zero-order valence-corrected chi connectivity index (χ0v) is 38.6. The molecule has 0 radical (unpaired) electrons. The van der Waals surface area contributed by atoms with E-state index in [9.17, 15) is 22.8 Å². The molecular formula is C46H57ClN10O7S. The molecule has 3 fully saturated rings. The van der Waals surface area contributed by atoms with Crippen LogP contribution in [0, 0.1) is 0 Å². The van der Waals surface area contributed by atoms with Gasteiger partial charge in [-0.2, -0.15) is 4.98 Å². The average molecular weight is 933 g/mol. The van der Waals surface area contributed by atoms with Crippen LogP contribution in [0.2, 0.25) is 5.02 Å². The van der Waals surface area contributed by atoms with Crippen molar-refractivity contribution < 1.29 is 36.4 Å². The predicted molar refractivity (Wildman–Crippen MR) is 252 cm³/mol. The SMILES string of the molecule is [2H]C([2H])([2H])Oc1ccc(Nc2nc(Nc3cc(CC)c(N4CCC(N5CCN(CCc6ccc7c(c6)CN(C6CCC(=O)NC6=O)C7=O)CC5)CC4)cc3OC)ncc2Cl)c(N(C)S(C)(=O)=O)c1. The Morgan fingerprint density at radius 2 is 1.75 bits per heavy atom. The van der Waals surface area contributed by atoms with Crippen LogP contribution >= 0.6 is 11.6 Å². The van der Waals surface area contributed by atoms with Crippen molar-refractivity contribution in [2.45, 2.75) is 64.1 Å². The van der Waals surface area contributed by atoms with E-state index in [4.69, 9.17) is 25.2 Å². The van der Waals surface area contributed by atoms with Crippen molar-refractivity contribution in [1.29, 1.82) is 0 Å². The lowest BCUT2D eigenvalue weighted by atomic mass is 9.99. The fourth-order valence-corrected chi connectivity index (χ4v) is 9.88. The van der Waals surface area contributed by atoms with Gasteiger partial charge in [0.25, 0.3) is 5.91 Å². The summed E-state index contributed by atoms with van der Waals surface area (Å²) in [5, 5.41) is 8.88. The van der Waals surface area contributed by atoms with Crippen molar-refractivity contribution in [2.75, 3.05) is 93.1 Å². The van der Waals surface area contributed by atoms with Crippen LogP contribution in [0.5, 0.6) is 11.5 Å². The van der Waals surface area contributed by atoms with Gasteiger partial charge in [-0.3, -0.25) is 28.9 Å². The lowest BCUT2D eigenvalue weighted by Gasteiger charge is -2.43. The lowest BCUT2D eigenvalue weighted by Crippen LogP contribution is -2.53. The monoisotopic (exact) mass is 931 g/mol.